The van der Waals surface area contributed by atoms with Gasteiger partial charge in [0.25, 0.3) is 5.91 Å². The number of aliphatic imine (C=N–C) groups is 1. The number of guanidine groups is 1. The van der Waals surface area contributed by atoms with Gasteiger partial charge in [-0.15, -0.1) is 0 Å². The molecule has 1 unspecified atom stereocenters. The molecule has 3 N–H and O–H groups in total. The molecule has 8 heteroatoms. The van der Waals surface area contributed by atoms with Gasteiger partial charge in [0.1, 0.15) is 5.75 Å². The summed E-state index contributed by atoms with van der Waals surface area (Å²) in [5, 5.41) is 3.28. The van der Waals surface area contributed by atoms with E-state index in [1.807, 2.05) is 25.1 Å². The van der Waals surface area contributed by atoms with Crippen molar-refractivity contribution >= 4 is 39.4 Å². The van der Waals surface area contributed by atoms with E-state index in [2.05, 4.69) is 45.0 Å². The number of ether oxygens (including phenoxy) is 1. The van der Waals surface area contributed by atoms with Gasteiger partial charge in [-0.05, 0) is 93.7 Å². The Hall–Kier alpha value is -2.09. The molecular formula is C26H36BrClN4O2. The number of carbonyl (C=O) groups excluding carboxylic acids is 1. The van der Waals surface area contributed by atoms with Crippen molar-refractivity contribution in [3.63, 3.8) is 0 Å². The van der Waals surface area contributed by atoms with Crippen LogP contribution in [0.5, 0.6) is 5.75 Å². The molecule has 0 aromatic heterocycles. The summed E-state index contributed by atoms with van der Waals surface area (Å²) in [6.45, 7) is 9.46. The lowest BCUT2D eigenvalue weighted by atomic mass is 9.98. The molecule has 1 atom stereocenters. The van der Waals surface area contributed by atoms with Gasteiger partial charge >= 0.3 is 0 Å². The first-order valence-corrected chi connectivity index (χ1v) is 12.9. The fraction of sp³-hybridized carbons (Fsp3) is 0.462. The summed E-state index contributed by atoms with van der Waals surface area (Å²) in [7, 11) is 1.65. The van der Waals surface area contributed by atoms with E-state index < -0.39 is 0 Å². The van der Waals surface area contributed by atoms with Crippen LogP contribution in [0.2, 0.25) is 5.02 Å². The number of halogens is 2. The molecule has 0 heterocycles. The molecule has 6 nitrogen and oxygen atoms in total. The zero-order valence-electron chi connectivity index (χ0n) is 20.5. The van der Waals surface area contributed by atoms with Crippen molar-refractivity contribution in [2.45, 2.75) is 52.5 Å². The van der Waals surface area contributed by atoms with Crippen molar-refractivity contribution in [3.05, 3.63) is 62.6 Å². The first-order chi connectivity index (χ1) is 16.3. The minimum absolute atomic E-state index is 0.0266. The number of nitrogens with one attached hydrogen (secondary N) is 1. The molecule has 1 amide bonds. The monoisotopic (exact) mass is 550 g/mol. The minimum Gasteiger partial charge on any atom is -0.496 e. The van der Waals surface area contributed by atoms with Gasteiger partial charge in [-0.3, -0.25) is 15.1 Å². The number of methoxy groups -OCH3 is 1. The first-order valence-electron chi connectivity index (χ1n) is 11.8. The molecular weight excluding hydrogens is 516 g/mol. The van der Waals surface area contributed by atoms with Crippen LogP contribution in [0.4, 0.5) is 0 Å². The third-order valence-corrected chi connectivity index (χ3v) is 6.69. The van der Waals surface area contributed by atoms with Gasteiger partial charge in [-0.1, -0.05) is 47.4 Å². The number of rotatable bonds is 12. The molecule has 186 valence electrons. The number of carbonyl (C=O) groups is 1. The molecule has 0 fully saturated rings. The average molecular weight is 552 g/mol. The van der Waals surface area contributed by atoms with Crippen molar-refractivity contribution in [2.75, 3.05) is 26.7 Å². The first kappa shape index (κ1) is 28.1. The van der Waals surface area contributed by atoms with E-state index in [9.17, 15) is 4.79 Å². The van der Waals surface area contributed by atoms with Crippen LogP contribution in [0, 0.1) is 0 Å². The Morgan fingerprint density at radius 2 is 1.97 bits per heavy atom. The Bertz CT molecular complexity index is 979. The van der Waals surface area contributed by atoms with Crippen molar-refractivity contribution in [2.24, 2.45) is 10.7 Å². The molecule has 2 aromatic carbocycles. The number of benzene rings is 2. The lowest BCUT2D eigenvalue weighted by Gasteiger charge is -2.18. The van der Waals surface area contributed by atoms with Gasteiger partial charge in [0.05, 0.1) is 13.2 Å². The van der Waals surface area contributed by atoms with Crippen LogP contribution in [-0.2, 0) is 12.8 Å². The molecule has 34 heavy (non-hydrogen) atoms. The second-order valence-electron chi connectivity index (χ2n) is 8.21. The van der Waals surface area contributed by atoms with E-state index in [1.165, 1.54) is 0 Å². The fourth-order valence-corrected chi connectivity index (χ4v) is 4.57. The second-order valence-corrected chi connectivity index (χ2v) is 9.53. The van der Waals surface area contributed by atoms with E-state index >= 15 is 0 Å². The summed E-state index contributed by atoms with van der Waals surface area (Å²) in [6, 6.07) is 11.2. The Labute approximate surface area is 217 Å². The summed E-state index contributed by atoms with van der Waals surface area (Å²) in [5.41, 5.74) is 8.35. The van der Waals surface area contributed by atoms with Gasteiger partial charge in [-0.25, -0.2) is 0 Å². The van der Waals surface area contributed by atoms with Crippen molar-refractivity contribution < 1.29 is 9.53 Å². The maximum absolute atomic E-state index is 13.0. The summed E-state index contributed by atoms with van der Waals surface area (Å²) in [6.07, 6.45) is 3.18. The van der Waals surface area contributed by atoms with Crippen LogP contribution in [-0.4, -0.2) is 49.6 Å². The highest BCUT2D eigenvalue weighted by atomic mass is 79.9. The normalized spacial score (nSPS) is 12.6. The van der Waals surface area contributed by atoms with Crippen molar-refractivity contribution in [1.82, 2.24) is 10.2 Å². The molecule has 0 radical (unpaired) electrons. The van der Waals surface area contributed by atoms with Crippen LogP contribution in [0.3, 0.4) is 0 Å². The number of nitrogens with two attached hydrogens (primary N) is 1. The number of hydrogen-bond donors (Lipinski definition) is 2. The summed E-state index contributed by atoms with van der Waals surface area (Å²) >= 11 is 9.99. The largest absolute Gasteiger partial charge is 0.496 e. The van der Waals surface area contributed by atoms with Crippen LogP contribution in [0.25, 0.3) is 0 Å². The van der Waals surface area contributed by atoms with Crippen LogP contribution < -0.4 is 15.8 Å². The second kappa shape index (κ2) is 14.3. The van der Waals surface area contributed by atoms with Gasteiger partial charge in [0.15, 0.2) is 5.96 Å². The molecule has 0 saturated carbocycles. The molecule has 0 aliphatic rings. The molecule has 0 aliphatic heterocycles. The number of nitrogens with zero attached hydrogens (tertiary/aromatic N) is 2. The lowest BCUT2D eigenvalue weighted by Crippen LogP contribution is -2.38. The predicted octanol–water partition coefficient (Wildman–Crippen LogP) is 5.45. The minimum atomic E-state index is -0.310. The standard InChI is InChI=1S/C26H36BrClN4O2/c1-5-32(6-2)16-8-9-18(3)30-26(29)31-25(33)22-10-7-11-23(28)21(22)14-12-19-17-20(27)13-15-24(19)34-4/h7,10-11,13,15,17-18H,5-6,8-9,12,14,16H2,1-4H3,(H3,29,30,31,33). The van der Waals surface area contributed by atoms with Crippen molar-refractivity contribution in [1.29, 1.82) is 0 Å². The van der Waals surface area contributed by atoms with Gasteiger partial charge < -0.3 is 15.4 Å². The topological polar surface area (TPSA) is 80.0 Å². The fourth-order valence-electron chi connectivity index (χ4n) is 3.90. The Morgan fingerprint density at radius 3 is 2.65 bits per heavy atom. The molecule has 0 bridgehead atoms. The smallest absolute Gasteiger partial charge is 0.258 e. The third kappa shape index (κ3) is 8.60. The zero-order valence-corrected chi connectivity index (χ0v) is 22.9. The molecule has 0 aliphatic carbocycles. The van der Waals surface area contributed by atoms with Gasteiger partial charge in [-0.2, -0.15) is 0 Å². The van der Waals surface area contributed by atoms with Crippen LogP contribution >= 0.6 is 27.5 Å². The number of hydrogen-bond acceptors (Lipinski definition) is 4. The predicted molar refractivity (Wildman–Crippen MR) is 145 cm³/mol. The van der Waals surface area contributed by atoms with E-state index in [1.54, 1.807) is 25.3 Å². The molecule has 2 rings (SSSR count). The summed E-state index contributed by atoms with van der Waals surface area (Å²) in [5.74, 6) is 0.614. The Morgan fingerprint density at radius 1 is 1.24 bits per heavy atom. The SMILES string of the molecule is CCN(CC)CCCC(C)N=C(N)NC(=O)c1cccc(Cl)c1CCc1cc(Br)ccc1OC. The van der Waals surface area contributed by atoms with Crippen molar-refractivity contribution in [3.8, 4) is 5.75 Å². The molecule has 2 aromatic rings. The van der Waals surface area contributed by atoms with Crippen LogP contribution in [0.1, 0.15) is 55.1 Å². The third-order valence-electron chi connectivity index (χ3n) is 5.84. The Balaban J connectivity index is 2.05. The highest BCUT2D eigenvalue weighted by molar-refractivity contribution is 9.10. The summed E-state index contributed by atoms with van der Waals surface area (Å²) < 4.78 is 6.44. The van der Waals surface area contributed by atoms with E-state index in [0.717, 1.165) is 53.8 Å². The van der Waals surface area contributed by atoms with E-state index in [0.29, 0.717) is 23.4 Å². The lowest BCUT2D eigenvalue weighted by molar-refractivity contribution is 0.0975. The maximum Gasteiger partial charge on any atom is 0.258 e. The van der Waals surface area contributed by atoms with Gasteiger partial charge in [0, 0.05) is 15.1 Å². The maximum atomic E-state index is 13.0. The number of amides is 1. The molecule has 0 spiro atoms. The van der Waals surface area contributed by atoms with E-state index in [4.69, 9.17) is 22.1 Å². The Kier molecular flexibility index (Phi) is 11.9. The van der Waals surface area contributed by atoms with Gasteiger partial charge in [0.2, 0.25) is 0 Å². The number of aryl methyl sites for hydroxylation is 1. The highest BCUT2D eigenvalue weighted by Crippen LogP contribution is 2.27. The van der Waals surface area contributed by atoms with Crippen LogP contribution in [0.15, 0.2) is 45.9 Å². The van der Waals surface area contributed by atoms with E-state index in [-0.39, 0.29) is 17.9 Å². The quantitative estimate of drug-likeness (QED) is 0.271. The molecule has 0 saturated heterocycles. The zero-order chi connectivity index (χ0) is 25.1. The average Bonchev–Trinajstić information content (AvgIpc) is 2.80. The highest BCUT2D eigenvalue weighted by Gasteiger charge is 2.16. The summed E-state index contributed by atoms with van der Waals surface area (Å²) in [4.78, 5) is 19.8.